The Bertz CT molecular complexity index is 1180. The summed E-state index contributed by atoms with van der Waals surface area (Å²) in [5, 5.41) is 1.40. The van der Waals surface area contributed by atoms with E-state index in [4.69, 9.17) is 16.3 Å². The number of para-hydroxylation sites is 1. The van der Waals surface area contributed by atoms with Crippen LogP contribution in [0, 0.1) is 0 Å². The van der Waals surface area contributed by atoms with Crippen molar-refractivity contribution < 1.29 is 17.9 Å². The van der Waals surface area contributed by atoms with Gasteiger partial charge in [-0.05, 0) is 49.2 Å². The minimum atomic E-state index is -3.93. The number of H-pyrrole nitrogens is 1. The fourth-order valence-electron chi connectivity index (χ4n) is 3.81. The van der Waals surface area contributed by atoms with Crippen molar-refractivity contribution in [1.82, 2.24) is 14.6 Å². The number of rotatable bonds is 6. The summed E-state index contributed by atoms with van der Waals surface area (Å²) in [5.74, 6) is -0.266. The summed E-state index contributed by atoms with van der Waals surface area (Å²) in [6.07, 6.45) is 1.95. The number of morpholine rings is 1. The molecule has 7 nitrogen and oxygen atoms in total. The van der Waals surface area contributed by atoms with Gasteiger partial charge in [-0.2, -0.15) is 4.72 Å². The van der Waals surface area contributed by atoms with Crippen LogP contribution in [0.25, 0.3) is 10.9 Å². The van der Waals surface area contributed by atoms with E-state index < -0.39 is 16.1 Å². The molecule has 1 aliphatic heterocycles. The maximum atomic E-state index is 13.4. The van der Waals surface area contributed by atoms with Crippen molar-refractivity contribution in [1.29, 1.82) is 0 Å². The van der Waals surface area contributed by atoms with Crippen LogP contribution in [0.4, 0.5) is 0 Å². The number of fused-ring (bicyclic) bond motifs is 1. The number of halogens is 1. The van der Waals surface area contributed by atoms with Crippen molar-refractivity contribution in [2.24, 2.45) is 0 Å². The van der Waals surface area contributed by atoms with Crippen LogP contribution in [0.1, 0.15) is 12.5 Å². The van der Waals surface area contributed by atoms with Gasteiger partial charge in [0.1, 0.15) is 6.04 Å². The predicted octanol–water partition coefficient (Wildman–Crippen LogP) is 2.96. The molecule has 3 aromatic rings. The largest absolute Gasteiger partial charge is 0.375 e. The van der Waals surface area contributed by atoms with Crippen LogP contribution in [0.3, 0.4) is 0 Å². The second-order valence-corrected chi connectivity index (χ2v) is 9.81. The lowest BCUT2D eigenvalue weighted by Crippen LogP contribution is -2.54. The fourth-order valence-corrected chi connectivity index (χ4v) is 5.12. The van der Waals surface area contributed by atoms with Crippen molar-refractivity contribution in [3.05, 3.63) is 65.3 Å². The Kier molecular flexibility index (Phi) is 6.34. The van der Waals surface area contributed by atoms with Crippen molar-refractivity contribution in [3.8, 4) is 0 Å². The number of amides is 1. The van der Waals surface area contributed by atoms with Gasteiger partial charge in [-0.15, -0.1) is 0 Å². The summed E-state index contributed by atoms with van der Waals surface area (Å²) in [6, 6.07) is 12.6. The topological polar surface area (TPSA) is 91.5 Å². The third-order valence-electron chi connectivity index (χ3n) is 5.37. The lowest BCUT2D eigenvalue weighted by Gasteiger charge is -2.33. The molecule has 1 aromatic heterocycles. The highest BCUT2D eigenvalue weighted by molar-refractivity contribution is 7.89. The van der Waals surface area contributed by atoms with Crippen LogP contribution < -0.4 is 4.72 Å². The number of ether oxygens (including phenoxy) is 1. The monoisotopic (exact) mass is 461 g/mol. The molecule has 9 heteroatoms. The molecule has 2 N–H and O–H groups in total. The Balaban J connectivity index is 1.64. The first kappa shape index (κ1) is 21.8. The molecule has 0 bridgehead atoms. The highest BCUT2D eigenvalue weighted by Crippen LogP contribution is 2.21. The molecule has 0 unspecified atom stereocenters. The van der Waals surface area contributed by atoms with Crippen molar-refractivity contribution >= 4 is 38.4 Å². The highest BCUT2D eigenvalue weighted by atomic mass is 35.5. The molecule has 1 amide bonds. The van der Waals surface area contributed by atoms with E-state index in [9.17, 15) is 13.2 Å². The fraction of sp³-hybridized carbons (Fsp3) is 0.318. The second kappa shape index (κ2) is 9.00. The first-order valence-electron chi connectivity index (χ1n) is 10.1. The first-order valence-corrected chi connectivity index (χ1v) is 11.9. The van der Waals surface area contributed by atoms with Crippen molar-refractivity contribution in [2.45, 2.75) is 30.4 Å². The smallest absolute Gasteiger partial charge is 0.241 e. The maximum absolute atomic E-state index is 13.4. The van der Waals surface area contributed by atoms with Crippen molar-refractivity contribution in [3.63, 3.8) is 0 Å². The average molecular weight is 462 g/mol. The van der Waals surface area contributed by atoms with Gasteiger partial charge in [-0.3, -0.25) is 4.79 Å². The van der Waals surface area contributed by atoms with Crippen molar-refractivity contribution in [2.75, 3.05) is 19.7 Å². The molecule has 2 atom stereocenters. The minimum absolute atomic E-state index is 0.0592. The lowest BCUT2D eigenvalue weighted by atomic mass is 10.0. The Morgan fingerprint density at radius 2 is 2.00 bits per heavy atom. The summed E-state index contributed by atoms with van der Waals surface area (Å²) in [4.78, 5) is 18.3. The molecule has 164 valence electrons. The molecule has 4 rings (SSSR count). The summed E-state index contributed by atoms with van der Waals surface area (Å²) in [5.41, 5.74) is 1.80. The van der Waals surface area contributed by atoms with E-state index in [-0.39, 0.29) is 23.3 Å². The van der Waals surface area contributed by atoms with Gasteiger partial charge in [0.15, 0.2) is 0 Å². The third kappa shape index (κ3) is 4.93. The Morgan fingerprint density at radius 3 is 2.74 bits per heavy atom. The Hall–Kier alpha value is -2.39. The number of hydrogen-bond donors (Lipinski definition) is 2. The SMILES string of the molecule is C[C@@H]1CN(C(=O)[C@H](Cc2c[nH]c3ccccc23)NS(=O)(=O)c2ccc(Cl)cc2)CCO1. The molecule has 0 radical (unpaired) electrons. The van der Waals surface area contributed by atoms with E-state index in [1.165, 1.54) is 24.3 Å². The van der Waals surface area contributed by atoms with Gasteiger partial charge in [0.05, 0.1) is 17.6 Å². The Labute approximate surface area is 186 Å². The number of nitrogens with one attached hydrogen (secondary N) is 2. The molecule has 1 saturated heterocycles. The van der Waals surface area contributed by atoms with E-state index in [1.807, 2.05) is 37.4 Å². The molecular formula is C22H24ClN3O4S. The van der Waals surface area contributed by atoms with Crippen LogP contribution in [-0.2, 0) is 26.0 Å². The van der Waals surface area contributed by atoms with E-state index in [0.717, 1.165) is 16.5 Å². The molecule has 1 fully saturated rings. The molecule has 31 heavy (non-hydrogen) atoms. The molecule has 0 spiro atoms. The van der Waals surface area contributed by atoms with Crippen LogP contribution >= 0.6 is 11.6 Å². The number of aromatic amines is 1. The molecular weight excluding hydrogens is 438 g/mol. The van der Waals surface area contributed by atoms with Crippen LogP contribution in [0.2, 0.25) is 5.02 Å². The van der Waals surface area contributed by atoms with E-state index in [0.29, 0.717) is 24.7 Å². The highest BCUT2D eigenvalue weighted by Gasteiger charge is 2.32. The summed E-state index contributed by atoms with van der Waals surface area (Å²) >= 11 is 5.89. The third-order valence-corrected chi connectivity index (χ3v) is 7.11. The van der Waals surface area contributed by atoms with Gasteiger partial charge in [-0.1, -0.05) is 29.8 Å². The number of benzene rings is 2. The van der Waals surface area contributed by atoms with Gasteiger partial charge < -0.3 is 14.6 Å². The zero-order chi connectivity index (χ0) is 22.0. The molecule has 0 aliphatic carbocycles. The van der Waals surface area contributed by atoms with Gasteiger partial charge in [0, 0.05) is 35.2 Å². The molecule has 2 aromatic carbocycles. The maximum Gasteiger partial charge on any atom is 0.241 e. The standard InChI is InChI=1S/C22H24ClN3O4S/c1-15-14-26(10-11-30-15)22(27)21(12-16-13-24-20-5-3-2-4-19(16)20)25-31(28,29)18-8-6-17(23)7-9-18/h2-9,13,15,21,24-25H,10-12,14H2,1H3/t15-,21+/m1/s1. The zero-order valence-electron chi connectivity index (χ0n) is 17.0. The molecule has 1 aliphatic rings. The number of nitrogens with zero attached hydrogens (tertiary/aromatic N) is 1. The van der Waals surface area contributed by atoms with E-state index in [2.05, 4.69) is 9.71 Å². The predicted molar refractivity (Wildman–Crippen MR) is 120 cm³/mol. The van der Waals surface area contributed by atoms with Gasteiger partial charge in [0.25, 0.3) is 0 Å². The molecule has 2 heterocycles. The summed E-state index contributed by atoms with van der Waals surface area (Å²) in [6.45, 7) is 3.17. The number of aromatic nitrogens is 1. The number of carbonyl (C=O) groups excluding carboxylic acids is 1. The number of carbonyl (C=O) groups is 1. The minimum Gasteiger partial charge on any atom is -0.375 e. The first-order chi connectivity index (χ1) is 14.8. The van der Waals surface area contributed by atoms with Gasteiger partial charge in [-0.25, -0.2) is 8.42 Å². The second-order valence-electron chi connectivity index (χ2n) is 7.66. The lowest BCUT2D eigenvalue weighted by molar-refractivity contribution is -0.139. The van der Waals surface area contributed by atoms with Crippen LogP contribution in [0.15, 0.2) is 59.6 Å². The zero-order valence-corrected chi connectivity index (χ0v) is 18.6. The van der Waals surface area contributed by atoms with E-state index >= 15 is 0 Å². The van der Waals surface area contributed by atoms with Crippen LogP contribution in [-0.4, -0.2) is 56.1 Å². The number of sulfonamides is 1. The van der Waals surface area contributed by atoms with Crippen LogP contribution in [0.5, 0.6) is 0 Å². The van der Waals surface area contributed by atoms with Gasteiger partial charge in [0.2, 0.25) is 15.9 Å². The van der Waals surface area contributed by atoms with E-state index in [1.54, 1.807) is 4.90 Å². The average Bonchev–Trinajstić information content (AvgIpc) is 3.16. The normalized spacial score (nSPS) is 18.3. The summed E-state index contributed by atoms with van der Waals surface area (Å²) in [7, 11) is -3.93. The quantitative estimate of drug-likeness (QED) is 0.590. The van der Waals surface area contributed by atoms with Gasteiger partial charge >= 0.3 is 0 Å². The number of hydrogen-bond acceptors (Lipinski definition) is 4. The molecule has 0 saturated carbocycles. The summed E-state index contributed by atoms with van der Waals surface area (Å²) < 4.78 is 34.2. The Morgan fingerprint density at radius 1 is 1.26 bits per heavy atom.